The van der Waals surface area contributed by atoms with Crippen LogP contribution >= 0.6 is 0 Å². The molecule has 1 N–H and O–H groups in total. The third-order valence-electron chi connectivity index (χ3n) is 4.01. The van der Waals surface area contributed by atoms with Gasteiger partial charge in [0.2, 0.25) is 10.0 Å². The number of fused-ring (bicyclic) bond motifs is 1. The zero-order valence-electron chi connectivity index (χ0n) is 13.6. The van der Waals surface area contributed by atoms with Gasteiger partial charge in [0.15, 0.2) is 0 Å². The van der Waals surface area contributed by atoms with Crippen LogP contribution in [0.15, 0.2) is 54.9 Å². The Bertz CT molecular complexity index is 918. The first-order valence-electron chi connectivity index (χ1n) is 7.95. The van der Waals surface area contributed by atoms with E-state index in [4.69, 9.17) is 0 Å². The van der Waals surface area contributed by atoms with Gasteiger partial charge < -0.3 is 4.57 Å². The van der Waals surface area contributed by atoms with Crippen LogP contribution < -0.4 is 4.72 Å². The minimum absolute atomic E-state index is 0.133. The van der Waals surface area contributed by atoms with Gasteiger partial charge in [-0.25, -0.2) is 18.1 Å². The predicted octanol–water partition coefficient (Wildman–Crippen LogP) is 2.63. The van der Waals surface area contributed by atoms with E-state index < -0.39 is 10.0 Å². The second-order valence-electron chi connectivity index (χ2n) is 5.91. The largest absolute Gasteiger partial charge is 0.334 e. The highest BCUT2D eigenvalue weighted by Crippen LogP contribution is 2.14. The maximum atomic E-state index is 12.1. The zero-order valence-corrected chi connectivity index (χ0v) is 14.5. The molecule has 0 aliphatic rings. The molecule has 0 saturated carbocycles. The summed E-state index contributed by atoms with van der Waals surface area (Å²) in [5.41, 5.74) is 3.98. The highest BCUT2D eigenvalue weighted by Gasteiger charge is 2.10. The molecule has 2 aromatic carbocycles. The van der Waals surface area contributed by atoms with Crippen LogP contribution in [0.25, 0.3) is 11.0 Å². The smallest absolute Gasteiger partial charge is 0.211 e. The van der Waals surface area contributed by atoms with Gasteiger partial charge in [-0.1, -0.05) is 36.4 Å². The van der Waals surface area contributed by atoms with Crippen LogP contribution in [0.2, 0.25) is 0 Å². The van der Waals surface area contributed by atoms with Crippen LogP contribution in [0.3, 0.4) is 0 Å². The lowest BCUT2D eigenvalue weighted by Crippen LogP contribution is -2.26. The Morgan fingerprint density at radius 2 is 1.88 bits per heavy atom. The lowest BCUT2D eigenvalue weighted by molar-refractivity contribution is 0.578. The average molecular weight is 343 g/mol. The number of imidazole rings is 1. The molecule has 6 heteroatoms. The van der Waals surface area contributed by atoms with Gasteiger partial charge in [-0.2, -0.15) is 0 Å². The van der Waals surface area contributed by atoms with Crippen molar-refractivity contribution in [3.8, 4) is 0 Å². The molecule has 5 nitrogen and oxygen atoms in total. The summed E-state index contributed by atoms with van der Waals surface area (Å²) < 4.78 is 28.9. The molecule has 126 valence electrons. The second-order valence-corrected chi connectivity index (χ2v) is 7.83. The van der Waals surface area contributed by atoms with Crippen molar-refractivity contribution in [2.75, 3.05) is 5.75 Å². The fourth-order valence-electron chi connectivity index (χ4n) is 2.67. The monoisotopic (exact) mass is 343 g/mol. The molecular formula is C18H21N3O2S. The standard InChI is InChI=1S/C18H21N3O2S/c1-21-14-19-17-12-16(9-10-18(17)21)13-20-24(22,23)11-5-8-15-6-3-2-4-7-15/h2-4,6-7,9-10,12,14,20H,5,8,11,13H2,1H3. The van der Waals surface area contributed by atoms with Crippen molar-refractivity contribution in [1.82, 2.24) is 14.3 Å². The summed E-state index contributed by atoms with van der Waals surface area (Å²) in [6.07, 6.45) is 3.13. The van der Waals surface area contributed by atoms with Crippen LogP contribution in [0.4, 0.5) is 0 Å². The number of aromatic nitrogens is 2. The van der Waals surface area contributed by atoms with E-state index in [0.717, 1.165) is 28.6 Å². The van der Waals surface area contributed by atoms with Crippen molar-refractivity contribution in [1.29, 1.82) is 0 Å². The highest BCUT2D eigenvalue weighted by atomic mass is 32.2. The molecule has 0 bridgehead atoms. The van der Waals surface area contributed by atoms with Gasteiger partial charge in [-0.05, 0) is 36.1 Å². The summed E-state index contributed by atoms with van der Waals surface area (Å²) in [4.78, 5) is 4.29. The number of nitrogens with one attached hydrogen (secondary N) is 1. The molecule has 0 fully saturated rings. The summed E-state index contributed by atoms with van der Waals surface area (Å²) >= 11 is 0. The summed E-state index contributed by atoms with van der Waals surface area (Å²) in [6.45, 7) is 0.292. The fourth-order valence-corrected chi connectivity index (χ4v) is 3.72. The lowest BCUT2D eigenvalue weighted by atomic mass is 10.1. The Kier molecular flexibility index (Phi) is 4.97. The number of nitrogens with zero attached hydrogens (tertiary/aromatic N) is 2. The summed E-state index contributed by atoms with van der Waals surface area (Å²) in [5.74, 6) is 0.133. The van der Waals surface area contributed by atoms with Gasteiger partial charge in [0, 0.05) is 13.6 Å². The molecule has 24 heavy (non-hydrogen) atoms. The van der Waals surface area contributed by atoms with E-state index in [1.165, 1.54) is 0 Å². The maximum Gasteiger partial charge on any atom is 0.211 e. The minimum atomic E-state index is -3.27. The Balaban J connectivity index is 1.53. The molecule has 0 aliphatic carbocycles. The molecule has 3 aromatic rings. The van der Waals surface area contributed by atoms with Gasteiger partial charge in [0.25, 0.3) is 0 Å². The van der Waals surface area contributed by atoms with Crippen LogP contribution in [0, 0.1) is 0 Å². The van der Waals surface area contributed by atoms with Gasteiger partial charge in [0.05, 0.1) is 23.1 Å². The highest BCUT2D eigenvalue weighted by molar-refractivity contribution is 7.89. The zero-order chi connectivity index (χ0) is 17.0. The summed E-state index contributed by atoms with van der Waals surface area (Å²) in [6, 6.07) is 15.7. The van der Waals surface area contributed by atoms with E-state index in [2.05, 4.69) is 9.71 Å². The lowest BCUT2D eigenvalue weighted by Gasteiger charge is -2.07. The Morgan fingerprint density at radius 1 is 1.08 bits per heavy atom. The molecule has 0 amide bonds. The van der Waals surface area contributed by atoms with Crippen LogP contribution in [0.5, 0.6) is 0 Å². The van der Waals surface area contributed by atoms with E-state index in [1.807, 2.05) is 60.1 Å². The number of sulfonamides is 1. The van der Waals surface area contributed by atoms with E-state index in [1.54, 1.807) is 6.33 Å². The van der Waals surface area contributed by atoms with Crippen molar-refractivity contribution in [2.45, 2.75) is 19.4 Å². The SMILES string of the molecule is Cn1cnc2cc(CNS(=O)(=O)CCCc3ccccc3)ccc21. The van der Waals surface area contributed by atoms with E-state index >= 15 is 0 Å². The number of benzene rings is 2. The van der Waals surface area contributed by atoms with Gasteiger partial charge >= 0.3 is 0 Å². The van der Waals surface area contributed by atoms with E-state index in [0.29, 0.717) is 13.0 Å². The van der Waals surface area contributed by atoms with Gasteiger partial charge in [0.1, 0.15) is 0 Å². The molecule has 1 heterocycles. The first-order valence-corrected chi connectivity index (χ1v) is 9.60. The van der Waals surface area contributed by atoms with Crippen molar-refractivity contribution in [3.05, 3.63) is 66.0 Å². The third kappa shape index (κ3) is 4.21. The topological polar surface area (TPSA) is 64.0 Å². The first-order chi connectivity index (χ1) is 11.5. The van der Waals surface area contributed by atoms with Crippen molar-refractivity contribution in [3.63, 3.8) is 0 Å². The van der Waals surface area contributed by atoms with E-state index in [-0.39, 0.29) is 5.75 Å². The fraction of sp³-hybridized carbons (Fsp3) is 0.278. The van der Waals surface area contributed by atoms with Gasteiger partial charge in [-0.15, -0.1) is 0 Å². The van der Waals surface area contributed by atoms with E-state index in [9.17, 15) is 8.42 Å². The molecule has 0 spiro atoms. The molecule has 0 unspecified atom stereocenters. The maximum absolute atomic E-state index is 12.1. The van der Waals surface area contributed by atoms with Crippen molar-refractivity contribution >= 4 is 21.1 Å². The number of aryl methyl sites for hydroxylation is 2. The average Bonchev–Trinajstić information content (AvgIpc) is 2.95. The summed E-state index contributed by atoms with van der Waals surface area (Å²) in [7, 11) is -1.34. The second kappa shape index (κ2) is 7.15. The van der Waals surface area contributed by atoms with Crippen LogP contribution in [0.1, 0.15) is 17.5 Å². The minimum Gasteiger partial charge on any atom is -0.334 e. The Hall–Kier alpha value is -2.18. The first kappa shape index (κ1) is 16.7. The van der Waals surface area contributed by atoms with Crippen molar-refractivity contribution in [2.24, 2.45) is 7.05 Å². The Labute approximate surface area is 142 Å². The van der Waals surface area contributed by atoms with Crippen LogP contribution in [-0.4, -0.2) is 23.7 Å². The quantitative estimate of drug-likeness (QED) is 0.717. The normalized spacial score (nSPS) is 11.9. The molecule has 0 atom stereocenters. The predicted molar refractivity (Wildman–Crippen MR) is 96.1 cm³/mol. The van der Waals surface area contributed by atoms with Crippen molar-refractivity contribution < 1.29 is 8.42 Å². The number of hydrogen-bond donors (Lipinski definition) is 1. The molecular weight excluding hydrogens is 322 g/mol. The molecule has 3 rings (SSSR count). The van der Waals surface area contributed by atoms with Gasteiger partial charge in [-0.3, -0.25) is 0 Å². The molecule has 0 radical (unpaired) electrons. The number of rotatable bonds is 7. The molecule has 1 aromatic heterocycles. The number of hydrogen-bond acceptors (Lipinski definition) is 3. The third-order valence-corrected chi connectivity index (χ3v) is 5.42. The molecule has 0 saturated heterocycles. The molecule has 0 aliphatic heterocycles. The Morgan fingerprint density at radius 3 is 2.67 bits per heavy atom. The van der Waals surface area contributed by atoms with Crippen LogP contribution in [-0.2, 0) is 30.0 Å². The summed E-state index contributed by atoms with van der Waals surface area (Å²) in [5, 5.41) is 0.